The molecule has 1 aliphatic rings. The highest BCUT2D eigenvalue weighted by atomic mass is 19.4. The summed E-state index contributed by atoms with van der Waals surface area (Å²) in [5.74, 6) is 1.29. The number of benzene rings is 2. The van der Waals surface area contributed by atoms with E-state index in [9.17, 15) is 13.2 Å². The third-order valence-electron chi connectivity index (χ3n) is 3.90. The molecule has 0 spiro atoms. The molecule has 0 aromatic heterocycles. The lowest BCUT2D eigenvalue weighted by Gasteiger charge is -2.23. The van der Waals surface area contributed by atoms with Crippen molar-refractivity contribution >= 4 is 5.69 Å². The molecule has 1 heterocycles. The molecule has 130 valence electrons. The molecule has 2 aromatic carbocycles. The third-order valence-corrected chi connectivity index (χ3v) is 3.90. The van der Waals surface area contributed by atoms with Gasteiger partial charge in [-0.2, -0.15) is 18.4 Å². The van der Waals surface area contributed by atoms with E-state index in [4.69, 9.17) is 14.7 Å². The summed E-state index contributed by atoms with van der Waals surface area (Å²) in [6, 6.07) is 10.7. The molecule has 0 fully saturated rings. The van der Waals surface area contributed by atoms with Crippen LogP contribution in [0.1, 0.15) is 16.7 Å². The molecule has 25 heavy (non-hydrogen) atoms. The zero-order valence-corrected chi connectivity index (χ0v) is 13.4. The molecular weight excluding hydrogens is 333 g/mol. The number of hydrogen-bond acceptors (Lipinski definition) is 4. The molecule has 0 unspecified atom stereocenters. The summed E-state index contributed by atoms with van der Waals surface area (Å²) in [7, 11) is 1.69. The standard InChI is InChI=1S/C18H15F3N2O2/c1-23(11-12-2-5-16-17(8-12)25-7-6-24-16)14-4-3-13(10-22)15(9-14)18(19,20)21/h2-5,8-9H,6-7,11H2,1H3. The van der Waals surface area contributed by atoms with Crippen molar-refractivity contribution in [1.29, 1.82) is 5.26 Å². The van der Waals surface area contributed by atoms with E-state index in [1.807, 2.05) is 12.1 Å². The first kappa shape index (κ1) is 17.0. The number of alkyl halides is 3. The Morgan fingerprint density at radius 3 is 2.48 bits per heavy atom. The molecule has 7 heteroatoms. The van der Waals surface area contributed by atoms with Gasteiger partial charge in [0.15, 0.2) is 11.5 Å². The van der Waals surface area contributed by atoms with Gasteiger partial charge in [0.2, 0.25) is 0 Å². The second kappa shape index (κ2) is 6.55. The molecule has 3 rings (SSSR count). The van der Waals surface area contributed by atoms with Crippen LogP contribution in [-0.2, 0) is 12.7 Å². The maximum absolute atomic E-state index is 13.1. The molecule has 2 aromatic rings. The Morgan fingerprint density at radius 2 is 1.80 bits per heavy atom. The van der Waals surface area contributed by atoms with Crippen LogP contribution in [0, 0.1) is 11.3 Å². The van der Waals surface area contributed by atoms with E-state index in [2.05, 4.69) is 0 Å². The molecule has 0 atom stereocenters. The Morgan fingerprint density at radius 1 is 1.08 bits per heavy atom. The Hall–Kier alpha value is -2.88. The predicted molar refractivity (Wildman–Crippen MR) is 85.7 cm³/mol. The fourth-order valence-corrected chi connectivity index (χ4v) is 2.65. The van der Waals surface area contributed by atoms with Gasteiger partial charge in [-0.15, -0.1) is 0 Å². The summed E-state index contributed by atoms with van der Waals surface area (Å²) in [6.07, 6.45) is -4.57. The zero-order chi connectivity index (χ0) is 18.0. The largest absolute Gasteiger partial charge is 0.486 e. The smallest absolute Gasteiger partial charge is 0.417 e. The highest BCUT2D eigenvalue weighted by Gasteiger charge is 2.34. The fourth-order valence-electron chi connectivity index (χ4n) is 2.65. The van der Waals surface area contributed by atoms with E-state index < -0.39 is 11.7 Å². The van der Waals surface area contributed by atoms with Crippen molar-refractivity contribution in [2.75, 3.05) is 25.2 Å². The Labute approximate surface area is 143 Å². The zero-order valence-electron chi connectivity index (χ0n) is 13.4. The Balaban J connectivity index is 1.84. The summed E-state index contributed by atoms with van der Waals surface area (Å²) in [5.41, 5.74) is -0.0589. The number of hydrogen-bond donors (Lipinski definition) is 0. The van der Waals surface area contributed by atoms with Gasteiger partial charge in [-0.1, -0.05) is 6.07 Å². The lowest BCUT2D eigenvalue weighted by molar-refractivity contribution is -0.137. The lowest BCUT2D eigenvalue weighted by atomic mass is 10.1. The molecule has 0 N–H and O–H groups in total. The maximum Gasteiger partial charge on any atom is 0.417 e. The van der Waals surface area contributed by atoms with Crippen LogP contribution in [0.5, 0.6) is 11.5 Å². The van der Waals surface area contributed by atoms with E-state index in [1.54, 1.807) is 24.1 Å². The number of fused-ring (bicyclic) bond motifs is 1. The summed E-state index contributed by atoms with van der Waals surface area (Å²) >= 11 is 0. The predicted octanol–water partition coefficient (Wildman–Crippen LogP) is 3.98. The van der Waals surface area contributed by atoms with Crippen LogP contribution in [-0.4, -0.2) is 20.3 Å². The van der Waals surface area contributed by atoms with E-state index in [0.717, 1.165) is 11.6 Å². The fraction of sp³-hybridized carbons (Fsp3) is 0.278. The number of nitrogens with zero attached hydrogens (tertiary/aromatic N) is 2. The average molecular weight is 348 g/mol. The number of halogens is 3. The first-order valence-electron chi connectivity index (χ1n) is 7.59. The summed E-state index contributed by atoms with van der Waals surface area (Å²) in [4.78, 5) is 1.68. The van der Waals surface area contributed by atoms with E-state index in [1.165, 1.54) is 12.1 Å². The van der Waals surface area contributed by atoms with Crippen molar-refractivity contribution in [2.45, 2.75) is 12.7 Å². The summed E-state index contributed by atoms with van der Waals surface area (Å²) < 4.78 is 50.3. The second-order valence-corrected chi connectivity index (χ2v) is 5.67. The highest BCUT2D eigenvalue weighted by Crippen LogP contribution is 2.35. The molecule has 0 aliphatic carbocycles. The Kier molecular flexibility index (Phi) is 4.45. The van der Waals surface area contributed by atoms with Gasteiger partial charge in [-0.05, 0) is 35.9 Å². The number of nitriles is 1. The molecule has 4 nitrogen and oxygen atoms in total. The maximum atomic E-state index is 13.1. The van der Waals surface area contributed by atoms with E-state index in [0.29, 0.717) is 36.9 Å². The molecule has 0 saturated carbocycles. The van der Waals surface area contributed by atoms with E-state index in [-0.39, 0.29) is 5.56 Å². The van der Waals surface area contributed by atoms with Crippen LogP contribution in [0.15, 0.2) is 36.4 Å². The van der Waals surface area contributed by atoms with Crippen LogP contribution in [0.25, 0.3) is 0 Å². The minimum atomic E-state index is -4.57. The van der Waals surface area contributed by atoms with Gasteiger partial charge in [0.25, 0.3) is 0 Å². The van der Waals surface area contributed by atoms with Crippen LogP contribution in [0.2, 0.25) is 0 Å². The van der Waals surface area contributed by atoms with Crippen molar-refractivity contribution in [2.24, 2.45) is 0 Å². The van der Waals surface area contributed by atoms with Crippen molar-refractivity contribution in [3.8, 4) is 17.6 Å². The molecule has 0 saturated heterocycles. The van der Waals surface area contributed by atoms with Crippen molar-refractivity contribution in [3.63, 3.8) is 0 Å². The molecule has 0 bridgehead atoms. The van der Waals surface area contributed by atoms with Gasteiger partial charge in [0, 0.05) is 19.3 Å². The first-order valence-corrected chi connectivity index (χ1v) is 7.59. The van der Waals surface area contributed by atoms with Crippen LogP contribution < -0.4 is 14.4 Å². The van der Waals surface area contributed by atoms with Gasteiger partial charge in [-0.25, -0.2) is 0 Å². The summed E-state index contributed by atoms with van der Waals surface area (Å²) in [6.45, 7) is 1.36. The minimum absolute atomic E-state index is 0.376. The topological polar surface area (TPSA) is 45.5 Å². The molecular formula is C18H15F3N2O2. The third kappa shape index (κ3) is 3.63. The normalized spacial score (nSPS) is 13.2. The highest BCUT2D eigenvalue weighted by molar-refractivity contribution is 5.55. The van der Waals surface area contributed by atoms with Crippen LogP contribution in [0.3, 0.4) is 0 Å². The van der Waals surface area contributed by atoms with Gasteiger partial charge >= 0.3 is 6.18 Å². The van der Waals surface area contributed by atoms with Crippen LogP contribution in [0.4, 0.5) is 18.9 Å². The Bertz CT molecular complexity index is 828. The number of anilines is 1. The SMILES string of the molecule is CN(Cc1ccc2c(c1)OCCO2)c1ccc(C#N)c(C(F)(F)F)c1. The monoisotopic (exact) mass is 348 g/mol. The molecule has 1 aliphatic heterocycles. The van der Waals surface area contributed by atoms with Crippen molar-refractivity contribution in [1.82, 2.24) is 0 Å². The van der Waals surface area contributed by atoms with Gasteiger partial charge in [-0.3, -0.25) is 0 Å². The van der Waals surface area contributed by atoms with Gasteiger partial charge in [0.1, 0.15) is 13.2 Å². The van der Waals surface area contributed by atoms with Gasteiger partial charge < -0.3 is 14.4 Å². The summed E-state index contributed by atoms with van der Waals surface area (Å²) in [5, 5.41) is 8.87. The molecule has 0 amide bonds. The second-order valence-electron chi connectivity index (χ2n) is 5.67. The van der Waals surface area contributed by atoms with Gasteiger partial charge in [0.05, 0.1) is 17.2 Å². The minimum Gasteiger partial charge on any atom is -0.486 e. The van der Waals surface area contributed by atoms with Crippen molar-refractivity contribution < 1.29 is 22.6 Å². The lowest BCUT2D eigenvalue weighted by Crippen LogP contribution is -2.19. The average Bonchev–Trinajstić information content (AvgIpc) is 2.60. The molecule has 0 radical (unpaired) electrons. The number of ether oxygens (including phenoxy) is 2. The quantitative estimate of drug-likeness (QED) is 0.842. The van der Waals surface area contributed by atoms with Crippen molar-refractivity contribution in [3.05, 3.63) is 53.1 Å². The van der Waals surface area contributed by atoms with Crippen LogP contribution >= 0.6 is 0 Å². The number of rotatable bonds is 3. The van der Waals surface area contributed by atoms with E-state index >= 15 is 0 Å². The first-order chi connectivity index (χ1) is 11.9.